The maximum atomic E-state index is 12.5. The Morgan fingerprint density at radius 1 is 1.15 bits per heavy atom. The molecule has 0 saturated carbocycles. The minimum Gasteiger partial charge on any atom is -0.309 e. The van der Waals surface area contributed by atoms with Gasteiger partial charge < -0.3 is 5.32 Å². The van der Waals surface area contributed by atoms with Gasteiger partial charge in [-0.15, -0.1) is 0 Å². The van der Waals surface area contributed by atoms with Crippen LogP contribution in [-0.4, -0.2) is 21.8 Å². The molecule has 0 amide bonds. The molecule has 114 valence electrons. The van der Waals surface area contributed by atoms with Gasteiger partial charge in [0.1, 0.15) is 0 Å². The van der Waals surface area contributed by atoms with Crippen molar-refractivity contribution in [1.82, 2.24) is 5.32 Å². The van der Waals surface area contributed by atoms with Gasteiger partial charge in [-0.3, -0.25) is 4.21 Å². The van der Waals surface area contributed by atoms with E-state index in [-0.39, 0.29) is 11.3 Å². The molecular weight excluding hydrogens is 266 g/mol. The zero-order chi connectivity index (χ0) is 15.3. The highest BCUT2D eigenvalue weighted by molar-refractivity contribution is 7.85. The van der Waals surface area contributed by atoms with Crippen LogP contribution >= 0.6 is 0 Å². The van der Waals surface area contributed by atoms with Crippen molar-refractivity contribution in [2.75, 3.05) is 12.3 Å². The largest absolute Gasteiger partial charge is 0.309 e. The highest BCUT2D eigenvalue weighted by atomic mass is 32.2. The van der Waals surface area contributed by atoms with Crippen LogP contribution in [0.5, 0.6) is 0 Å². The van der Waals surface area contributed by atoms with E-state index in [0.29, 0.717) is 11.7 Å². The number of hydrogen-bond acceptors (Lipinski definition) is 2. The van der Waals surface area contributed by atoms with Crippen LogP contribution in [0.1, 0.15) is 50.4 Å². The molecule has 1 N–H and O–H groups in total. The van der Waals surface area contributed by atoms with Gasteiger partial charge in [0.15, 0.2) is 0 Å². The van der Waals surface area contributed by atoms with E-state index in [4.69, 9.17) is 0 Å². The van der Waals surface area contributed by atoms with Crippen LogP contribution in [0, 0.1) is 19.8 Å². The summed E-state index contributed by atoms with van der Waals surface area (Å²) in [5.41, 5.74) is 3.85. The van der Waals surface area contributed by atoms with Gasteiger partial charge in [0.25, 0.3) is 0 Å². The molecule has 0 bridgehead atoms. The van der Waals surface area contributed by atoms with E-state index in [1.54, 1.807) is 0 Å². The fraction of sp³-hybridized carbons (Fsp3) is 0.647. The minimum absolute atomic E-state index is 0.182. The summed E-state index contributed by atoms with van der Waals surface area (Å²) in [6.45, 7) is 13.6. The Labute approximate surface area is 126 Å². The molecule has 0 aliphatic rings. The van der Waals surface area contributed by atoms with Crippen molar-refractivity contribution in [2.24, 2.45) is 5.92 Å². The Morgan fingerprint density at radius 2 is 1.80 bits per heavy atom. The van der Waals surface area contributed by atoms with Gasteiger partial charge in [-0.05, 0) is 43.0 Å². The lowest BCUT2D eigenvalue weighted by Gasteiger charge is -2.22. The molecule has 0 aliphatic heterocycles. The van der Waals surface area contributed by atoms with Crippen molar-refractivity contribution < 1.29 is 4.21 Å². The Morgan fingerprint density at radius 3 is 2.30 bits per heavy atom. The molecule has 1 aromatic rings. The zero-order valence-electron chi connectivity index (χ0n) is 13.7. The molecule has 0 aliphatic carbocycles. The van der Waals surface area contributed by atoms with E-state index in [1.807, 2.05) is 0 Å². The summed E-state index contributed by atoms with van der Waals surface area (Å²) in [6, 6.07) is 6.72. The molecule has 3 unspecified atom stereocenters. The Bertz CT molecular complexity index is 456. The summed E-state index contributed by atoms with van der Waals surface area (Å²) in [4.78, 5) is 0. The molecule has 3 heteroatoms. The van der Waals surface area contributed by atoms with Crippen molar-refractivity contribution in [3.05, 3.63) is 34.9 Å². The molecule has 0 aromatic heterocycles. The lowest BCUT2D eigenvalue weighted by Crippen LogP contribution is -2.30. The average Bonchev–Trinajstić information content (AvgIpc) is 2.40. The number of aryl methyl sites for hydroxylation is 2. The van der Waals surface area contributed by atoms with Crippen LogP contribution in [0.25, 0.3) is 0 Å². The molecule has 2 nitrogen and oxygen atoms in total. The summed E-state index contributed by atoms with van der Waals surface area (Å²) in [6.07, 6.45) is 0. The zero-order valence-corrected chi connectivity index (χ0v) is 14.5. The van der Waals surface area contributed by atoms with E-state index in [1.165, 1.54) is 16.7 Å². The first kappa shape index (κ1) is 17.4. The predicted molar refractivity (Wildman–Crippen MR) is 89.6 cm³/mol. The van der Waals surface area contributed by atoms with E-state index >= 15 is 0 Å². The Kier molecular flexibility index (Phi) is 6.90. The number of hydrogen-bond donors (Lipinski definition) is 1. The summed E-state index contributed by atoms with van der Waals surface area (Å²) >= 11 is 0. The molecule has 1 aromatic carbocycles. The lowest BCUT2D eigenvalue weighted by molar-refractivity contribution is 0.573. The SMILES string of the molecule is CCNC(CS(=O)C(C)C(C)C)c1ccc(C)c(C)c1. The molecule has 0 fully saturated rings. The topological polar surface area (TPSA) is 29.1 Å². The first-order valence-electron chi connectivity index (χ1n) is 7.54. The summed E-state index contributed by atoms with van der Waals surface area (Å²) < 4.78 is 12.5. The van der Waals surface area contributed by atoms with Gasteiger partial charge in [-0.1, -0.05) is 45.9 Å². The van der Waals surface area contributed by atoms with E-state index < -0.39 is 10.8 Å². The van der Waals surface area contributed by atoms with Crippen molar-refractivity contribution in [3.63, 3.8) is 0 Å². The first-order chi connectivity index (χ1) is 9.36. The molecule has 3 atom stereocenters. The van der Waals surface area contributed by atoms with Crippen molar-refractivity contribution in [2.45, 2.75) is 52.8 Å². The van der Waals surface area contributed by atoms with Crippen molar-refractivity contribution in [3.8, 4) is 0 Å². The second kappa shape index (κ2) is 7.94. The van der Waals surface area contributed by atoms with E-state index in [9.17, 15) is 4.21 Å². The van der Waals surface area contributed by atoms with Crippen LogP contribution in [0.15, 0.2) is 18.2 Å². The Hall–Kier alpha value is -0.670. The van der Waals surface area contributed by atoms with Gasteiger partial charge in [0.2, 0.25) is 0 Å². The maximum absolute atomic E-state index is 12.5. The lowest BCUT2D eigenvalue weighted by atomic mass is 10.0. The highest BCUT2D eigenvalue weighted by Crippen LogP contribution is 2.20. The van der Waals surface area contributed by atoms with Crippen molar-refractivity contribution >= 4 is 10.8 Å². The van der Waals surface area contributed by atoms with E-state index in [0.717, 1.165) is 6.54 Å². The fourth-order valence-electron chi connectivity index (χ4n) is 2.12. The van der Waals surface area contributed by atoms with Crippen LogP contribution in [0.4, 0.5) is 0 Å². The molecule has 0 heterocycles. The van der Waals surface area contributed by atoms with Gasteiger partial charge in [0, 0.05) is 27.8 Å². The fourth-order valence-corrected chi connectivity index (χ4v) is 3.67. The van der Waals surface area contributed by atoms with Crippen molar-refractivity contribution in [1.29, 1.82) is 0 Å². The second-order valence-electron chi connectivity index (χ2n) is 5.95. The van der Waals surface area contributed by atoms with E-state index in [2.05, 4.69) is 65.1 Å². The molecule has 1 rings (SSSR count). The van der Waals surface area contributed by atoms with Gasteiger partial charge in [-0.2, -0.15) is 0 Å². The third-order valence-corrected chi connectivity index (χ3v) is 6.10. The smallest absolute Gasteiger partial charge is 0.0436 e. The Balaban J connectivity index is 2.88. The highest BCUT2D eigenvalue weighted by Gasteiger charge is 2.20. The van der Waals surface area contributed by atoms with Crippen LogP contribution < -0.4 is 5.32 Å². The maximum Gasteiger partial charge on any atom is 0.0436 e. The molecular formula is C17H29NOS. The second-order valence-corrected chi connectivity index (χ2v) is 7.79. The monoisotopic (exact) mass is 295 g/mol. The van der Waals surface area contributed by atoms with Crippen LogP contribution in [-0.2, 0) is 10.8 Å². The minimum atomic E-state index is -0.801. The number of benzene rings is 1. The summed E-state index contributed by atoms with van der Waals surface area (Å²) in [5, 5.41) is 3.72. The summed E-state index contributed by atoms with van der Waals surface area (Å²) in [5.74, 6) is 1.15. The first-order valence-corrected chi connectivity index (χ1v) is 8.92. The molecule has 0 radical (unpaired) electrons. The third-order valence-electron chi connectivity index (χ3n) is 4.07. The summed E-state index contributed by atoms with van der Waals surface area (Å²) in [7, 11) is -0.801. The molecule has 0 saturated heterocycles. The van der Waals surface area contributed by atoms with Gasteiger partial charge in [0.05, 0.1) is 0 Å². The number of rotatable bonds is 7. The number of nitrogens with one attached hydrogen (secondary N) is 1. The van der Waals surface area contributed by atoms with Gasteiger partial charge >= 0.3 is 0 Å². The average molecular weight is 295 g/mol. The normalized spacial score (nSPS) is 16.1. The van der Waals surface area contributed by atoms with Crippen LogP contribution in [0.3, 0.4) is 0 Å². The molecule has 20 heavy (non-hydrogen) atoms. The van der Waals surface area contributed by atoms with Crippen LogP contribution in [0.2, 0.25) is 0 Å². The standard InChI is InChI=1S/C17H29NOS/c1-7-18-17(11-20(19)15(6)12(2)3)16-9-8-13(4)14(5)10-16/h8-10,12,15,17-18H,7,11H2,1-6H3. The van der Waals surface area contributed by atoms with Gasteiger partial charge in [-0.25, -0.2) is 0 Å². The third kappa shape index (κ3) is 4.71. The predicted octanol–water partition coefficient (Wildman–Crippen LogP) is 3.75. The molecule has 0 spiro atoms. The quantitative estimate of drug-likeness (QED) is 0.830.